The molecule has 0 aliphatic heterocycles. The number of fused-ring (bicyclic) bond motifs is 3. The van der Waals surface area contributed by atoms with E-state index in [2.05, 4.69) is 5.32 Å². The van der Waals surface area contributed by atoms with Crippen LogP contribution in [0.15, 0.2) is 40.3 Å². The number of amides is 1. The number of nitrogens with one attached hydrogen (secondary N) is 1. The first kappa shape index (κ1) is 26.7. The Bertz CT molecular complexity index is 1350. The minimum Gasteiger partial charge on any atom is -0.507 e. The highest BCUT2D eigenvalue weighted by molar-refractivity contribution is 8.03. The zero-order valence-corrected chi connectivity index (χ0v) is 20.3. The number of carbonyl (C=O) groups is 5. The van der Waals surface area contributed by atoms with Crippen molar-refractivity contribution in [3.05, 3.63) is 51.5 Å². The smallest absolute Gasteiger partial charge is 0.327 e. The number of thioether (sulfide) groups is 1. The molecule has 1 saturated carbocycles. The molecule has 12 nitrogen and oxygen atoms in total. The van der Waals surface area contributed by atoms with E-state index in [1.54, 1.807) is 0 Å². The van der Waals surface area contributed by atoms with Gasteiger partial charge in [-0.15, -0.1) is 11.8 Å². The van der Waals surface area contributed by atoms with Crippen LogP contribution >= 0.6 is 11.8 Å². The first-order chi connectivity index (χ1) is 17.1. The SMILES string of the molecule is CC(=O)N[C@H](CSC1=CC2=C(C(=O)c3cccc(O)c3C2=O)[C@]2(O)C(=O)[C@H](O)[C@@](C)(O)C[C@]12O)C(=O)O. The van der Waals surface area contributed by atoms with Gasteiger partial charge in [-0.05, 0) is 19.1 Å². The van der Waals surface area contributed by atoms with Crippen molar-refractivity contribution in [3.63, 3.8) is 0 Å². The number of benzene rings is 1. The fraction of sp³-hybridized carbons (Fsp3) is 0.375. The number of carboxylic acids is 1. The Morgan fingerprint density at radius 2 is 1.81 bits per heavy atom. The molecule has 0 spiro atoms. The summed E-state index contributed by atoms with van der Waals surface area (Å²) in [7, 11) is 0. The van der Waals surface area contributed by atoms with Crippen molar-refractivity contribution < 1.29 is 54.6 Å². The zero-order chi connectivity index (χ0) is 27.7. The number of carboxylic acid groups (broad SMARTS) is 1. The zero-order valence-electron chi connectivity index (χ0n) is 19.5. The molecule has 13 heteroatoms. The van der Waals surface area contributed by atoms with Crippen LogP contribution in [0, 0.1) is 0 Å². The van der Waals surface area contributed by atoms with Crippen LogP contribution in [0.3, 0.4) is 0 Å². The molecule has 1 amide bonds. The van der Waals surface area contributed by atoms with Gasteiger partial charge in [0.2, 0.25) is 11.7 Å². The Hall–Kier alpha value is -3.36. The van der Waals surface area contributed by atoms with E-state index in [4.69, 9.17) is 0 Å². The molecular weight excluding hydrogens is 510 g/mol. The van der Waals surface area contributed by atoms with E-state index < -0.39 is 92.8 Å². The van der Waals surface area contributed by atoms with E-state index >= 15 is 0 Å². The number of phenols is 1. The predicted molar refractivity (Wildman–Crippen MR) is 126 cm³/mol. The van der Waals surface area contributed by atoms with Gasteiger partial charge in [-0.2, -0.15) is 0 Å². The molecule has 1 aromatic rings. The maximum atomic E-state index is 13.5. The molecule has 1 fully saturated rings. The van der Waals surface area contributed by atoms with Crippen molar-refractivity contribution in [2.24, 2.45) is 0 Å². The second-order valence-corrected chi connectivity index (χ2v) is 10.5. The lowest BCUT2D eigenvalue weighted by Gasteiger charge is -2.55. The normalized spacial score (nSPS) is 31.7. The molecule has 1 aromatic carbocycles. The van der Waals surface area contributed by atoms with Crippen molar-refractivity contribution in [1.82, 2.24) is 5.32 Å². The molecule has 0 bridgehead atoms. The maximum absolute atomic E-state index is 13.5. The lowest BCUT2D eigenvalue weighted by atomic mass is 9.56. The third-order valence-electron chi connectivity index (χ3n) is 6.79. The number of hydrogen-bond donors (Lipinski definition) is 7. The minimum absolute atomic E-state index is 0.347. The number of phenolic OH excluding ortho intramolecular Hbond substituents is 1. The maximum Gasteiger partial charge on any atom is 0.327 e. The van der Waals surface area contributed by atoms with Crippen LogP contribution in [0.4, 0.5) is 0 Å². The number of aromatic hydroxyl groups is 1. The number of aliphatic hydroxyl groups excluding tert-OH is 1. The molecule has 5 atom stereocenters. The number of ketones is 3. The Morgan fingerprint density at radius 3 is 2.41 bits per heavy atom. The summed E-state index contributed by atoms with van der Waals surface area (Å²) >= 11 is 0.558. The van der Waals surface area contributed by atoms with E-state index in [1.807, 2.05) is 0 Å². The monoisotopic (exact) mass is 533 g/mol. The molecule has 3 aliphatic rings. The van der Waals surface area contributed by atoms with Crippen LogP contribution in [0.1, 0.15) is 41.0 Å². The standard InChI is InChI=1S/C24H23NO11S/c1-9(26)25-12(21(32)33)7-37-14-6-11-16(18(29)10-4-3-5-13(27)15(10)17(11)28)24(36)20(31)19(30)22(2,34)8-23(14,24)35/h3-6,12,19,27,30,34-36H,7-8H2,1-2H3,(H,25,26)(H,32,33)/t12-,19+,22+,23+,24+/m1/s1. The third-order valence-corrected chi connectivity index (χ3v) is 8.05. The fourth-order valence-corrected chi connectivity index (χ4v) is 6.23. The van der Waals surface area contributed by atoms with Crippen LogP contribution in [-0.4, -0.2) is 94.6 Å². The van der Waals surface area contributed by atoms with Crippen molar-refractivity contribution in [2.75, 3.05) is 5.75 Å². The van der Waals surface area contributed by atoms with Crippen LogP contribution in [0.5, 0.6) is 5.75 Å². The molecule has 3 aliphatic carbocycles. The lowest BCUT2D eigenvalue weighted by Crippen LogP contribution is -2.75. The number of aliphatic hydroxyl groups is 4. The van der Waals surface area contributed by atoms with E-state index in [0.29, 0.717) is 11.8 Å². The van der Waals surface area contributed by atoms with Gasteiger partial charge in [-0.25, -0.2) is 4.79 Å². The average molecular weight is 534 g/mol. The topological polar surface area (TPSA) is 219 Å². The van der Waals surface area contributed by atoms with E-state index in [0.717, 1.165) is 26.0 Å². The highest BCUT2D eigenvalue weighted by Crippen LogP contribution is 2.56. The summed E-state index contributed by atoms with van der Waals surface area (Å²) in [5.41, 5.74) is -10.4. The first-order valence-corrected chi connectivity index (χ1v) is 12.0. The van der Waals surface area contributed by atoms with Gasteiger partial charge in [-0.3, -0.25) is 19.2 Å². The van der Waals surface area contributed by atoms with Crippen LogP contribution in [0.2, 0.25) is 0 Å². The molecule has 196 valence electrons. The molecule has 4 rings (SSSR count). The molecule has 0 unspecified atom stereocenters. The van der Waals surface area contributed by atoms with Crippen molar-refractivity contribution in [3.8, 4) is 5.75 Å². The summed E-state index contributed by atoms with van der Waals surface area (Å²) in [6.45, 7) is 2.11. The Morgan fingerprint density at radius 1 is 1.16 bits per heavy atom. The van der Waals surface area contributed by atoms with Gasteiger partial charge in [0.15, 0.2) is 17.2 Å². The predicted octanol–water partition coefficient (Wildman–Crippen LogP) is -1.17. The Labute approximate surface area is 213 Å². The number of carbonyl (C=O) groups excluding carboxylic acids is 4. The number of Topliss-reactive ketones (excluding diaryl/α,β-unsaturated/α-hetero) is 3. The summed E-state index contributed by atoms with van der Waals surface area (Å²) in [4.78, 5) is 62.9. The summed E-state index contributed by atoms with van der Waals surface area (Å²) in [5.74, 6) is -6.70. The van der Waals surface area contributed by atoms with Crippen LogP contribution < -0.4 is 5.32 Å². The molecule has 0 radical (unpaired) electrons. The summed E-state index contributed by atoms with van der Waals surface area (Å²) in [6, 6.07) is 2.10. The number of rotatable bonds is 5. The third kappa shape index (κ3) is 3.73. The van der Waals surface area contributed by atoms with E-state index in [9.17, 15) is 54.6 Å². The van der Waals surface area contributed by atoms with E-state index in [-0.39, 0.29) is 10.5 Å². The number of aliphatic carboxylic acids is 1. The molecule has 0 heterocycles. The van der Waals surface area contributed by atoms with Gasteiger partial charge in [0, 0.05) is 35.1 Å². The Balaban J connectivity index is 1.94. The number of hydrogen-bond acceptors (Lipinski definition) is 11. The van der Waals surface area contributed by atoms with Crippen LogP contribution in [-0.2, 0) is 14.4 Å². The quantitative estimate of drug-likeness (QED) is 0.238. The Kier molecular flexibility index (Phi) is 6.20. The highest BCUT2D eigenvalue weighted by Gasteiger charge is 2.71. The van der Waals surface area contributed by atoms with Gasteiger partial charge < -0.3 is 36.0 Å². The minimum atomic E-state index is -3.22. The number of allylic oxidation sites excluding steroid dienone is 2. The fourth-order valence-electron chi connectivity index (χ4n) is 5.00. The molecular formula is C24H23NO11S. The van der Waals surface area contributed by atoms with Gasteiger partial charge in [0.1, 0.15) is 23.5 Å². The van der Waals surface area contributed by atoms with Gasteiger partial charge in [0.25, 0.3) is 0 Å². The largest absolute Gasteiger partial charge is 0.507 e. The van der Waals surface area contributed by atoms with Crippen molar-refractivity contribution in [1.29, 1.82) is 0 Å². The summed E-state index contributed by atoms with van der Waals surface area (Å²) < 4.78 is 0. The van der Waals surface area contributed by atoms with Gasteiger partial charge >= 0.3 is 5.97 Å². The van der Waals surface area contributed by atoms with Gasteiger partial charge in [0.05, 0.1) is 16.7 Å². The second-order valence-electron chi connectivity index (χ2n) is 9.43. The lowest BCUT2D eigenvalue weighted by molar-refractivity contribution is -0.210. The van der Waals surface area contributed by atoms with Gasteiger partial charge in [-0.1, -0.05) is 12.1 Å². The first-order valence-electron chi connectivity index (χ1n) is 11.0. The molecule has 7 N–H and O–H groups in total. The van der Waals surface area contributed by atoms with E-state index in [1.165, 1.54) is 12.1 Å². The summed E-state index contributed by atoms with van der Waals surface area (Å²) in [6.07, 6.45) is -2.17. The molecule has 0 aromatic heterocycles. The average Bonchev–Trinajstić information content (AvgIpc) is 2.80. The summed E-state index contributed by atoms with van der Waals surface area (Å²) in [5, 5.41) is 66.7. The van der Waals surface area contributed by atoms with Crippen LogP contribution in [0.25, 0.3) is 0 Å². The molecule has 0 saturated heterocycles. The highest BCUT2D eigenvalue weighted by atomic mass is 32.2. The van der Waals surface area contributed by atoms with Crippen molar-refractivity contribution >= 4 is 41.0 Å². The second kappa shape index (κ2) is 8.60. The van der Waals surface area contributed by atoms with Crippen molar-refractivity contribution in [2.45, 2.75) is 49.2 Å². The molecule has 37 heavy (non-hydrogen) atoms.